The van der Waals surface area contributed by atoms with Crippen LogP contribution in [-0.4, -0.2) is 44.9 Å². The zero-order valence-corrected chi connectivity index (χ0v) is 18.5. The quantitative estimate of drug-likeness (QED) is 0.453. The lowest BCUT2D eigenvalue weighted by atomic mass is 9.89. The van der Waals surface area contributed by atoms with Crippen LogP contribution in [0.5, 0.6) is 0 Å². The monoisotopic (exact) mass is 463 g/mol. The highest BCUT2D eigenvalue weighted by Crippen LogP contribution is 2.29. The fourth-order valence-corrected chi connectivity index (χ4v) is 4.46. The van der Waals surface area contributed by atoms with Crippen molar-refractivity contribution in [2.24, 2.45) is 5.92 Å². The molecule has 0 radical (unpaired) electrons. The van der Waals surface area contributed by atoms with E-state index in [0.29, 0.717) is 35.6 Å². The predicted octanol–water partition coefficient (Wildman–Crippen LogP) is 4.92. The van der Waals surface area contributed by atoms with Gasteiger partial charge in [-0.2, -0.15) is 4.98 Å². The largest absolute Gasteiger partial charge is 0.423 e. The standard InChI is InChI=1S/C25H23F2N5O2/c1-15-4-2-11-32(21(15)14-30-25-31-20-8-6-17(27)13-22(20)34-25)24(33)19-12-16(26)5-7-18(19)23-28-9-3-10-29-23/h3,5-10,12-13,15,21H,2,4,11,14H2,1H3,(H,30,31)/t15-,21-/m1/s1. The third-order valence-corrected chi connectivity index (χ3v) is 6.21. The van der Waals surface area contributed by atoms with Crippen molar-refractivity contribution in [3.05, 3.63) is 72.1 Å². The number of anilines is 1. The molecule has 174 valence electrons. The molecule has 7 nitrogen and oxygen atoms in total. The summed E-state index contributed by atoms with van der Waals surface area (Å²) in [7, 11) is 0. The third-order valence-electron chi connectivity index (χ3n) is 6.21. The second-order valence-corrected chi connectivity index (χ2v) is 8.46. The van der Waals surface area contributed by atoms with Gasteiger partial charge in [-0.25, -0.2) is 18.7 Å². The number of halogens is 2. The summed E-state index contributed by atoms with van der Waals surface area (Å²) in [5.41, 5.74) is 1.60. The van der Waals surface area contributed by atoms with Gasteiger partial charge in [-0.1, -0.05) is 6.92 Å². The highest BCUT2D eigenvalue weighted by molar-refractivity contribution is 6.00. The van der Waals surface area contributed by atoms with Gasteiger partial charge in [-0.15, -0.1) is 0 Å². The van der Waals surface area contributed by atoms with E-state index in [4.69, 9.17) is 4.42 Å². The van der Waals surface area contributed by atoms with Crippen LogP contribution in [0.4, 0.5) is 14.8 Å². The SMILES string of the molecule is C[C@@H]1CCCN(C(=O)c2cc(F)ccc2-c2ncccn2)[C@@H]1CNc1nc2ccc(F)cc2o1. The molecule has 2 aromatic carbocycles. The summed E-state index contributed by atoms with van der Waals surface area (Å²) in [6.45, 7) is 3.01. The van der Waals surface area contributed by atoms with Gasteiger partial charge < -0.3 is 14.6 Å². The van der Waals surface area contributed by atoms with E-state index in [2.05, 4.69) is 27.2 Å². The van der Waals surface area contributed by atoms with Crippen LogP contribution in [0.2, 0.25) is 0 Å². The first kappa shape index (κ1) is 21.9. The van der Waals surface area contributed by atoms with Crippen molar-refractivity contribution >= 4 is 23.0 Å². The van der Waals surface area contributed by atoms with Crippen molar-refractivity contribution in [2.45, 2.75) is 25.8 Å². The molecule has 0 saturated carbocycles. The summed E-state index contributed by atoms with van der Waals surface area (Å²) in [6.07, 6.45) is 4.97. The molecule has 1 fully saturated rings. The molecule has 0 spiro atoms. The van der Waals surface area contributed by atoms with Crippen LogP contribution >= 0.6 is 0 Å². The molecular formula is C25H23F2N5O2. The number of carbonyl (C=O) groups excluding carboxylic acids is 1. The Labute approximate surface area is 194 Å². The van der Waals surface area contributed by atoms with Gasteiger partial charge in [-0.05, 0) is 55.2 Å². The number of rotatable bonds is 5. The molecule has 0 unspecified atom stereocenters. The Hall–Kier alpha value is -3.88. The van der Waals surface area contributed by atoms with Crippen molar-refractivity contribution in [1.29, 1.82) is 0 Å². The zero-order chi connectivity index (χ0) is 23.7. The second-order valence-electron chi connectivity index (χ2n) is 8.46. The number of nitrogens with one attached hydrogen (secondary N) is 1. The molecule has 9 heteroatoms. The normalized spacial score (nSPS) is 18.3. The molecule has 2 aromatic heterocycles. The Morgan fingerprint density at radius 1 is 1.15 bits per heavy atom. The second kappa shape index (κ2) is 9.17. The summed E-state index contributed by atoms with van der Waals surface area (Å²) in [5.74, 6) is -0.621. The van der Waals surface area contributed by atoms with Crippen LogP contribution in [0, 0.1) is 17.6 Å². The van der Waals surface area contributed by atoms with Gasteiger partial charge in [0.1, 0.15) is 17.2 Å². The van der Waals surface area contributed by atoms with E-state index in [1.54, 1.807) is 29.4 Å². The minimum absolute atomic E-state index is 0.180. The van der Waals surface area contributed by atoms with Crippen LogP contribution in [0.25, 0.3) is 22.5 Å². The predicted molar refractivity (Wildman–Crippen MR) is 123 cm³/mol. The average Bonchev–Trinajstić information content (AvgIpc) is 3.25. The van der Waals surface area contributed by atoms with Gasteiger partial charge in [0.15, 0.2) is 11.4 Å². The lowest BCUT2D eigenvalue weighted by Gasteiger charge is -2.40. The maximum Gasteiger partial charge on any atom is 0.295 e. The number of likely N-dealkylation sites (tertiary alicyclic amines) is 1. The van der Waals surface area contributed by atoms with Gasteiger partial charge in [0, 0.05) is 37.1 Å². The van der Waals surface area contributed by atoms with Gasteiger partial charge >= 0.3 is 0 Å². The first-order valence-corrected chi connectivity index (χ1v) is 11.2. The lowest BCUT2D eigenvalue weighted by Crippen LogP contribution is -2.51. The Balaban J connectivity index is 1.41. The number of piperidine rings is 1. The van der Waals surface area contributed by atoms with E-state index < -0.39 is 11.6 Å². The lowest BCUT2D eigenvalue weighted by molar-refractivity contribution is 0.0539. The van der Waals surface area contributed by atoms with Gasteiger partial charge in [0.25, 0.3) is 11.9 Å². The van der Waals surface area contributed by atoms with E-state index in [0.717, 1.165) is 12.8 Å². The number of nitrogens with zero attached hydrogens (tertiary/aromatic N) is 4. The zero-order valence-electron chi connectivity index (χ0n) is 18.5. The van der Waals surface area contributed by atoms with E-state index in [-0.39, 0.29) is 29.4 Å². The number of hydrogen-bond donors (Lipinski definition) is 1. The number of amides is 1. The van der Waals surface area contributed by atoms with Crippen LogP contribution in [0.15, 0.2) is 59.3 Å². The number of oxazole rings is 1. The minimum atomic E-state index is -0.499. The third kappa shape index (κ3) is 4.33. The number of fused-ring (bicyclic) bond motifs is 1. The Morgan fingerprint density at radius 2 is 1.91 bits per heavy atom. The van der Waals surface area contributed by atoms with Crippen molar-refractivity contribution in [3.8, 4) is 11.4 Å². The van der Waals surface area contributed by atoms with Crippen LogP contribution in [0.1, 0.15) is 30.1 Å². The summed E-state index contributed by atoms with van der Waals surface area (Å²) in [4.78, 5) is 28.3. The van der Waals surface area contributed by atoms with E-state index >= 15 is 0 Å². The highest BCUT2D eigenvalue weighted by Gasteiger charge is 2.34. The molecular weight excluding hydrogens is 440 g/mol. The van der Waals surface area contributed by atoms with Gasteiger partial charge in [0.2, 0.25) is 0 Å². The highest BCUT2D eigenvalue weighted by atomic mass is 19.1. The molecule has 5 rings (SSSR count). The molecule has 34 heavy (non-hydrogen) atoms. The maximum atomic E-state index is 14.2. The van der Waals surface area contributed by atoms with Crippen molar-refractivity contribution in [2.75, 3.05) is 18.4 Å². The topological polar surface area (TPSA) is 84.2 Å². The molecule has 0 aliphatic carbocycles. The van der Waals surface area contributed by atoms with Crippen molar-refractivity contribution < 1.29 is 18.0 Å². The van der Waals surface area contributed by atoms with Crippen molar-refractivity contribution in [3.63, 3.8) is 0 Å². The van der Waals surface area contributed by atoms with Gasteiger partial charge in [-0.3, -0.25) is 4.79 Å². The number of hydrogen-bond acceptors (Lipinski definition) is 6. The molecule has 1 amide bonds. The van der Waals surface area contributed by atoms with Crippen molar-refractivity contribution in [1.82, 2.24) is 19.9 Å². The summed E-state index contributed by atoms with van der Waals surface area (Å²) >= 11 is 0. The van der Waals surface area contributed by atoms with Crippen LogP contribution in [-0.2, 0) is 0 Å². The Kier molecular flexibility index (Phi) is 5.91. The molecule has 4 aromatic rings. The molecule has 1 aliphatic heterocycles. The fourth-order valence-electron chi connectivity index (χ4n) is 4.46. The first-order chi connectivity index (χ1) is 16.5. The maximum absolute atomic E-state index is 14.2. The Morgan fingerprint density at radius 3 is 2.74 bits per heavy atom. The number of benzene rings is 2. The molecule has 0 bridgehead atoms. The molecule has 2 atom stereocenters. The fraction of sp³-hybridized carbons (Fsp3) is 0.280. The smallest absolute Gasteiger partial charge is 0.295 e. The molecule has 1 N–H and O–H groups in total. The molecule has 1 aliphatic rings. The van der Waals surface area contributed by atoms with Crippen LogP contribution in [0.3, 0.4) is 0 Å². The van der Waals surface area contributed by atoms with Gasteiger partial charge in [0.05, 0.1) is 11.6 Å². The van der Waals surface area contributed by atoms with E-state index in [1.807, 2.05) is 0 Å². The molecule has 3 heterocycles. The Bertz CT molecular complexity index is 1330. The minimum Gasteiger partial charge on any atom is -0.423 e. The summed E-state index contributed by atoms with van der Waals surface area (Å²) in [6, 6.07) is 10.0. The van der Waals surface area contributed by atoms with E-state index in [9.17, 15) is 13.6 Å². The number of carbonyl (C=O) groups is 1. The van der Waals surface area contributed by atoms with E-state index in [1.165, 1.54) is 30.3 Å². The summed E-state index contributed by atoms with van der Waals surface area (Å²) < 4.78 is 33.3. The molecule has 1 saturated heterocycles. The first-order valence-electron chi connectivity index (χ1n) is 11.2. The van der Waals surface area contributed by atoms with Crippen LogP contribution < -0.4 is 5.32 Å². The summed E-state index contributed by atoms with van der Waals surface area (Å²) in [5, 5.41) is 3.15. The number of aromatic nitrogens is 3. The average molecular weight is 463 g/mol.